The molecular weight excluding hydrogens is 400 g/mol. The Bertz CT molecular complexity index is 1010. The maximum absolute atomic E-state index is 12.7. The number of aryl methyl sites for hydroxylation is 1. The molecule has 0 aromatic heterocycles. The molecule has 0 aliphatic heterocycles. The third-order valence-corrected chi connectivity index (χ3v) is 7.85. The lowest BCUT2D eigenvalue weighted by molar-refractivity contribution is -0.384. The number of nitro groups is 1. The van der Waals surface area contributed by atoms with Crippen molar-refractivity contribution in [2.45, 2.75) is 50.9 Å². The fraction of sp³-hybridized carbons (Fsp3) is 0.458. The molecule has 1 N–H and O–H groups in total. The molecule has 5 nitrogen and oxygen atoms in total. The summed E-state index contributed by atoms with van der Waals surface area (Å²) >= 11 is 5.85. The van der Waals surface area contributed by atoms with Gasteiger partial charge in [0.2, 0.25) is 0 Å². The molecule has 1 amide bonds. The van der Waals surface area contributed by atoms with E-state index in [0.29, 0.717) is 5.41 Å². The first-order valence-electron chi connectivity index (χ1n) is 10.7. The number of nitrogens with one attached hydrogen (secondary N) is 1. The minimum atomic E-state index is -0.579. The van der Waals surface area contributed by atoms with Gasteiger partial charge in [0.25, 0.3) is 11.6 Å². The lowest BCUT2D eigenvalue weighted by atomic mass is 9.48. The van der Waals surface area contributed by atoms with Crippen LogP contribution in [0.4, 0.5) is 11.4 Å². The molecule has 0 atom stereocenters. The second kappa shape index (κ2) is 7.09. The molecule has 6 heteroatoms. The van der Waals surface area contributed by atoms with Crippen LogP contribution >= 0.6 is 11.6 Å². The molecule has 0 spiro atoms. The topological polar surface area (TPSA) is 72.2 Å². The van der Waals surface area contributed by atoms with Gasteiger partial charge in [-0.2, -0.15) is 0 Å². The number of carbonyl (C=O) groups is 1. The van der Waals surface area contributed by atoms with Gasteiger partial charge in [-0.1, -0.05) is 23.7 Å². The Morgan fingerprint density at radius 3 is 2.27 bits per heavy atom. The number of nitrogens with zero attached hydrogens (tertiary/aromatic N) is 1. The molecule has 0 unspecified atom stereocenters. The van der Waals surface area contributed by atoms with Gasteiger partial charge >= 0.3 is 0 Å². The summed E-state index contributed by atoms with van der Waals surface area (Å²) in [6.07, 6.45) is 8.16. The molecule has 4 aliphatic rings. The first-order chi connectivity index (χ1) is 14.3. The second-order valence-corrected chi connectivity index (χ2v) is 10.0. The van der Waals surface area contributed by atoms with Crippen LogP contribution in [0.3, 0.4) is 0 Å². The van der Waals surface area contributed by atoms with E-state index >= 15 is 0 Å². The molecule has 6 rings (SSSR count). The molecule has 0 heterocycles. The summed E-state index contributed by atoms with van der Waals surface area (Å²) in [6.45, 7) is 2.02. The summed E-state index contributed by atoms with van der Waals surface area (Å²) < 4.78 is 0. The number of amides is 1. The average molecular weight is 425 g/mol. The van der Waals surface area contributed by atoms with Crippen LogP contribution in [-0.2, 0) is 5.41 Å². The monoisotopic (exact) mass is 424 g/mol. The largest absolute Gasteiger partial charge is 0.322 e. The van der Waals surface area contributed by atoms with E-state index in [1.54, 1.807) is 0 Å². The van der Waals surface area contributed by atoms with Crippen molar-refractivity contribution < 1.29 is 9.72 Å². The highest BCUT2D eigenvalue weighted by atomic mass is 35.5. The van der Waals surface area contributed by atoms with Crippen molar-refractivity contribution >= 4 is 28.9 Å². The Balaban J connectivity index is 1.38. The second-order valence-electron chi connectivity index (χ2n) is 9.61. The predicted molar refractivity (Wildman–Crippen MR) is 117 cm³/mol. The van der Waals surface area contributed by atoms with E-state index in [-0.39, 0.29) is 22.2 Å². The van der Waals surface area contributed by atoms with Crippen LogP contribution in [0.25, 0.3) is 0 Å². The minimum Gasteiger partial charge on any atom is -0.322 e. The van der Waals surface area contributed by atoms with Crippen molar-refractivity contribution in [3.63, 3.8) is 0 Å². The normalized spacial score (nSPS) is 29.1. The zero-order valence-electron chi connectivity index (χ0n) is 17.0. The first-order valence-corrected chi connectivity index (χ1v) is 11.1. The van der Waals surface area contributed by atoms with Crippen LogP contribution in [0, 0.1) is 34.8 Å². The van der Waals surface area contributed by atoms with Crippen LogP contribution in [0.15, 0.2) is 36.4 Å². The van der Waals surface area contributed by atoms with E-state index in [0.717, 1.165) is 29.0 Å². The molecule has 0 saturated heterocycles. The van der Waals surface area contributed by atoms with Gasteiger partial charge in [0, 0.05) is 17.3 Å². The summed E-state index contributed by atoms with van der Waals surface area (Å²) in [5.74, 6) is 2.28. The maximum atomic E-state index is 12.7. The number of carbonyl (C=O) groups excluding carboxylic acids is 1. The molecule has 4 bridgehead atoms. The highest BCUT2D eigenvalue weighted by Gasteiger charge is 2.51. The van der Waals surface area contributed by atoms with E-state index in [4.69, 9.17) is 11.6 Å². The van der Waals surface area contributed by atoms with Gasteiger partial charge in [0.15, 0.2) is 0 Å². The highest BCUT2D eigenvalue weighted by molar-refractivity contribution is 6.32. The Hall–Kier alpha value is -2.40. The summed E-state index contributed by atoms with van der Waals surface area (Å²) in [6, 6.07) is 10.5. The molecule has 4 aliphatic carbocycles. The van der Waals surface area contributed by atoms with Crippen LogP contribution < -0.4 is 5.32 Å². The number of rotatable bonds is 4. The minimum absolute atomic E-state index is 0.0210. The standard InChI is InChI=1S/C24H25ClN2O3/c1-14-6-19(24-11-15-7-16(12-24)9-17(8-15)13-24)3-5-21(14)26-23(28)18-2-4-20(25)22(10-18)27(29)30/h2-6,10,15-17H,7-9,11-13H2,1H3,(H,26,28). The summed E-state index contributed by atoms with van der Waals surface area (Å²) in [5.41, 5.74) is 3.46. The fourth-order valence-corrected chi connectivity index (χ4v) is 6.77. The molecule has 4 fully saturated rings. The Morgan fingerprint density at radius 2 is 1.70 bits per heavy atom. The summed E-state index contributed by atoms with van der Waals surface area (Å²) in [7, 11) is 0. The number of anilines is 1. The van der Waals surface area contributed by atoms with Gasteiger partial charge in [0.1, 0.15) is 5.02 Å². The molecule has 2 aromatic rings. The molecule has 4 saturated carbocycles. The van der Waals surface area contributed by atoms with Gasteiger partial charge in [-0.3, -0.25) is 14.9 Å². The molecule has 0 radical (unpaired) electrons. The quantitative estimate of drug-likeness (QED) is 0.463. The van der Waals surface area contributed by atoms with Crippen molar-refractivity contribution in [3.05, 3.63) is 68.2 Å². The van der Waals surface area contributed by atoms with E-state index in [1.165, 1.54) is 62.3 Å². The molecule has 30 heavy (non-hydrogen) atoms. The van der Waals surface area contributed by atoms with Crippen molar-refractivity contribution in [2.24, 2.45) is 17.8 Å². The highest BCUT2D eigenvalue weighted by Crippen LogP contribution is 2.60. The lowest BCUT2D eigenvalue weighted by Gasteiger charge is -2.57. The van der Waals surface area contributed by atoms with E-state index in [2.05, 4.69) is 17.4 Å². The van der Waals surface area contributed by atoms with Crippen molar-refractivity contribution in [1.29, 1.82) is 0 Å². The smallest absolute Gasteiger partial charge is 0.288 e. The Kier molecular flexibility index (Phi) is 4.62. The number of hydrogen-bond donors (Lipinski definition) is 1. The van der Waals surface area contributed by atoms with Crippen molar-refractivity contribution in [1.82, 2.24) is 0 Å². The fourth-order valence-electron chi connectivity index (χ4n) is 6.59. The van der Waals surface area contributed by atoms with Crippen molar-refractivity contribution in [3.8, 4) is 0 Å². The van der Waals surface area contributed by atoms with E-state index < -0.39 is 4.92 Å². The van der Waals surface area contributed by atoms with E-state index in [1.807, 2.05) is 13.0 Å². The van der Waals surface area contributed by atoms with Gasteiger partial charge in [-0.15, -0.1) is 0 Å². The summed E-state index contributed by atoms with van der Waals surface area (Å²) in [5, 5.41) is 14.0. The molecular formula is C24H25ClN2O3. The molecule has 156 valence electrons. The SMILES string of the molecule is Cc1cc(C23CC4CC(CC(C4)C2)C3)ccc1NC(=O)c1ccc(Cl)c([N+](=O)[O-])c1. The third kappa shape index (κ3) is 3.29. The van der Waals surface area contributed by atoms with Crippen LogP contribution in [0.1, 0.15) is 60.0 Å². The summed E-state index contributed by atoms with van der Waals surface area (Å²) in [4.78, 5) is 23.2. The Morgan fingerprint density at radius 1 is 1.07 bits per heavy atom. The number of hydrogen-bond acceptors (Lipinski definition) is 3. The van der Waals surface area contributed by atoms with Crippen LogP contribution in [0.2, 0.25) is 5.02 Å². The average Bonchev–Trinajstić information content (AvgIpc) is 2.68. The first kappa shape index (κ1) is 19.6. The zero-order valence-corrected chi connectivity index (χ0v) is 17.7. The van der Waals surface area contributed by atoms with Crippen LogP contribution in [-0.4, -0.2) is 10.8 Å². The number of benzene rings is 2. The van der Waals surface area contributed by atoms with Gasteiger partial charge < -0.3 is 5.32 Å². The van der Waals surface area contributed by atoms with Gasteiger partial charge in [-0.25, -0.2) is 0 Å². The predicted octanol–water partition coefficient (Wildman–Crippen LogP) is 6.28. The third-order valence-electron chi connectivity index (χ3n) is 7.53. The van der Waals surface area contributed by atoms with Crippen LogP contribution in [0.5, 0.6) is 0 Å². The Labute approximate surface area is 181 Å². The molecule has 2 aromatic carbocycles. The number of halogens is 1. The van der Waals surface area contributed by atoms with Gasteiger partial charge in [0.05, 0.1) is 4.92 Å². The zero-order chi connectivity index (χ0) is 21.0. The van der Waals surface area contributed by atoms with Gasteiger partial charge in [-0.05, 0) is 97.9 Å². The van der Waals surface area contributed by atoms with Crippen molar-refractivity contribution in [2.75, 3.05) is 5.32 Å². The van der Waals surface area contributed by atoms with E-state index in [9.17, 15) is 14.9 Å². The number of nitro benzene ring substituents is 1. The lowest BCUT2D eigenvalue weighted by Crippen LogP contribution is -2.48. The maximum Gasteiger partial charge on any atom is 0.288 e.